The van der Waals surface area contributed by atoms with Gasteiger partial charge in [0.05, 0.1) is 13.5 Å². The zero-order valence-electron chi connectivity index (χ0n) is 28.4. The fraction of sp³-hybridized carbons (Fsp3) is 0.400. The number of imidazole rings is 1. The third-order valence-corrected chi connectivity index (χ3v) is 7.27. The van der Waals surface area contributed by atoms with E-state index in [1.54, 1.807) is 0 Å². The highest BCUT2D eigenvalue weighted by Gasteiger charge is 2.42. The summed E-state index contributed by atoms with van der Waals surface area (Å²) in [5, 5.41) is 5.60. The molecule has 246 valence electrons. The van der Waals surface area contributed by atoms with E-state index < -0.39 is 0 Å². The quantitative estimate of drug-likeness (QED) is 0.0955. The van der Waals surface area contributed by atoms with Crippen LogP contribution < -0.4 is 21.9 Å². The molecule has 0 radical (unpaired) electrons. The van der Waals surface area contributed by atoms with E-state index in [9.17, 15) is 4.39 Å². The van der Waals surface area contributed by atoms with Crippen molar-refractivity contribution >= 4 is 40.1 Å². The van der Waals surface area contributed by atoms with Gasteiger partial charge in [0.1, 0.15) is 0 Å². The van der Waals surface area contributed by atoms with Gasteiger partial charge in [-0.15, -0.1) is 6.58 Å². The first kappa shape index (κ1) is 39.2. The number of halogens is 2. The summed E-state index contributed by atoms with van der Waals surface area (Å²) in [7, 11) is 2.00. The highest BCUT2D eigenvalue weighted by molar-refractivity contribution is 6.30. The predicted molar refractivity (Wildman–Crippen MR) is 192 cm³/mol. The number of rotatable bonds is 9. The van der Waals surface area contributed by atoms with E-state index in [0.717, 1.165) is 34.3 Å². The van der Waals surface area contributed by atoms with Crippen molar-refractivity contribution < 1.29 is 4.39 Å². The van der Waals surface area contributed by atoms with Crippen LogP contribution in [0.2, 0.25) is 5.02 Å². The molecule has 2 aromatic carbocycles. The molecular formula is C35H52ClFN8. The number of nitrogens with zero attached hydrogens (tertiary/aromatic N) is 5. The second kappa shape index (κ2) is 20.3. The molecule has 1 aliphatic rings. The van der Waals surface area contributed by atoms with Crippen molar-refractivity contribution in [2.24, 2.45) is 23.4 Å². The maximum atomic E-state index is 9.50. The fourth-order valence-corrected chi connectivity index (χ4v) is 4.85. The molecule has 0 spiro atoms. The Hall–Kier alpha value is -3.79. The molecule has 8 nitrogen and oxygen atoms in total. The minimum atomic E-state index is 0.331. The Bertz CT molecular complexity index is 1470. The molecule has 3 atom stereocenters. The maximum Gasteiger partial charge on any atom is 0.248 e. The first-order valence-electron chi connectivity index (χ1n) is 15.4. The number of nitrogens with two attached hydrogens (primary N) is 2. The number of hydrogen-bond acceptors (Lipinski definition) is 7. The molecule has 2 aromatic heterocycles. The van der Waals surface area contributed by atoms with E-state index in [1.807, 2.05) is 77.5 Å². The average Bonchev–Trinajstić information content (AvgIpc) is 3.77. The SMILES string of the molecule is C=CC(C)C1CC1n1cnc2c(NCc3cccc(Cl)c3)nc(N(N)/C=C(\C)c3ccc(C)cc3)nc21.CC.CC.CF.CN. The van der Waals surface area contributed by atoms with Crippen LogP contribution in [0.25, 0.3) is 16.7 Å². The molecule has 0 aliphatic heterocycles. The van der Waals surface area contributed by atoms with Gasteiger partial charge in [0.2, 0.25) is 5.95 Å². The number of nitrogens with one attached hydrogen (secondary N) is 1. The lowest BCUT2D eigenvalue weighted by Gasteiger charge is -2.16. The van der Waals surface area contributed by atoms with Crippen LogP contribution >= 0.6 is 11.6 Å². The number of alkyl halides is 1. The van der Waals surface area contributed by atoms with Crippen LogP contribution in [0, 0.1) is 18.8 Å². The number of aryl methyl sites for hydroxylation is 1. The lowest BCUT2D eigenvalue weighted by atomic mass is 10.1. The lowest BCUT2D eigenvalue weighted by Crippen LogP contribution is -2.27. The molecule has 1 fully saturated rings. The van der Waals surface area contributed by atoms with Gasteiger partial charge < -0.3 is 15.6 Å². The second-order valence-corrected chi connectivity index (χ2v) is 10.3. The van der Waals surface area contributed by atoms with Crippen LogP contribution in [-0.2, 0) is 6.54 Å². The second-order valence-electron chi connectivity index (χ2n) is 9.83. The van der Waals surface area contributed by atoms with Gasteiger partial charge in [0, 0.05) is 23.8 Å². The van der Waals surface area contributed by atoms with Gasteiger partial charge in [0.25, 0.3) is 0 Å². The van der Waals surface area contributed by atoms with Crippen molar-refractivity contribution in [2.75, 3.05) is 24.6 Å². The number of hydrazine groups is 1. The predicted octanol–water partition coefficient (Wildman–Crippen LogP) is 8.74. The smallest absolute Gasteiger partial charge is 0.248 e. The van der Waals surface area contributed by atoms with Crippen LogP contribution in [0.4, 0.5) is 16.2 Å². The van der Waals surface area contributed by atoms with E-state index in [4.69, 9.17) is 32.4 Å². The monoisotopic (exact) mass is 638 g/mol. The molecule has 10 heteroatoms. The standard InChI is InChI=1S/C29H32ClN7.2C2H6.CH3F.CH5N/c1-5-19(3)24-14-25(24)36-17-33-26-27(32-15-21-7-6-8-23(30)13-21)34-29(35-28(26)36)37(31)16-20(4)22-11-9-18(2)10-12-22;4*1-2/h5-13,16-17,19,24-25H,1,14-15,31H2,2-4H3,(H,32,34,35);2*1-2H3;1H3;2H2,1H3/b20-16+;;;;. The van der Waals surface area contributed by atoms with Crippen LogP contribution in [0.15, 0.2) is 73.7 Å². The van der Waals surface area contributed by atoms with E-state index in [-0.39, 0.29) is 0 Å². The number of benzene rings is 2. The topological polar surface area (TPSA) is 111 Å². The van der Waals surface area contributed by atoms with Crippen LogP contribution in [0.5, 0.6) is 0 Å². The van der Waals surface area contributed by atoms with E-state index in [1.165, 1.54) is 17.6 Å². The van der Waals surface area contributed by atoms with Gasteiger partial charge in [0.15, 0.2) is 17.0 Å². The van der Waals surface area contributed by atoms with Gasteiger partial charge in [-0.2, -0.15) is 9.97 Å². The van der Waals surface area contributed by atoms with Crippen molar-refractivity contribution in [3.63, 3.8) is 0 Å². The number of aromatic nitrogens is 4. The Morgan fingerprint density at radius 1 is 1.13 bits per heavy atom. The van der Waals surface area contributed by atoms with Crippen LogP contribution in [0.1, 0.15) is 70.7 Å². The Kier molecular flexibility index (Phi) is 17.7. The van der Waals surface area contributed by atoms with E-state index >= 15 is 0 Å². The minimum absolute atomic E-state index is 0.331. The van der Waals surface area contributed by atoms with Crippen molar-refractivity contribution in [3.05, 3.63) is 95.4 Å². The molecule has 5 rings (SSSR count). The highest BCUT2D eigenvalue weighted by atomic mass is 35.5. The third kappa shape index (κ3) is 10.7. The minimum Gasteiger partial charge on any atom is -0.364 e. The van der Waals surface area contributed by atoms with Crippen molar-refractivity contribution in [2.45, 2.75) is 67.5 Å². The number of anilines is 2. The Labute approximate surface area is 274 Å². The zero-order chi connectivity index (χ0) is 34.1. The summed E-state index contributed by atoms with van der Waals surface area (Å²) in [5.74, 6) is 8.47. The molecular weight excluding hydrogens is 587 g/mol. The number of hydrogen-bond donors (Lipinski definition) is 3. The molecule has 2 heterocycles. The average molecular weight is 639 g/mol. The van der Waals surface area contributed by atoms with Gasteiger partial charge >= 0.3 is 0 Å². The Balaban J connectivity index is 0.00000117. The molecule has 0 saturated heterocycles. The molecule has 0 bridgehead atoms. The first-order chi connectivity index (χ1) is 21.8. The van der Waals surface area contributed by atoms with Gasteiger partial charge in [-0.05, 0) is 68.0 Å². The Morgan fingerprint density at radius 3 is 2.38 bits per heavy atom. The van der Waals surface area contributed by atoms with Crippen LogP contribution in [-0.4, -0.2) is 33.7 Å². The van der Waals surface area contributed by atoms with Crippen LogP contribution in [0.3, 0.4) is 0 Å². The van der Waals surface area contributed by atoms with Crippen molar-refractivity contribution in [3.8, 4) is 0 Å². The highest BCUT2D eigenvalue weighted by Crippen LogP contribution is 2.49. The summed E-state index contributed by atoms with van der Waals surface area (Å²) < 4.78 is 11.7. The van der Waals surface area contributed by atoms with Gasteiger partial charge in [-0.3, -0.25) is 9.40 Å². The molecule has 1 aliphatic carbocycles. The Morgan fingerprint density at radius 2 is 1.78 bits per heavy atom. The third-order valence-electron chi connectivity index (χ3n) is 7.04. The summed E-state index contributed by atoms with van der Waals surface area (Å²) in [6.07, 6.45) is 6.81. The fourth-order valence-electron chi connectivity index (χ4n) is 4.64. The number of fused-ring (bicyclic) bond motifs is 1. The summed E-state index contributed by atoms with van der Waals surface area (Å²) in [6.45, 7) is 18.8. The zero-order valence-corrected chi connectivity index (χ0v) is 29.1. The van der Waals surface area contributed by atoms with Crippen molar-refractivity contribution in [1.82, 2.24) is 19.5 Å². The largest absolute Gasteiger partial charge is 0.364 e. The summed E-state index contributed by atoms with van der Waals surface area (Å²) in [5.41, 5.74) is 10.3. The van der Waals surface area contributed by atoms with Gasteiger partial charge in [-0.25, -0.2) is 10.8 Å². The first-order valence-corrected chi connectivity index (χ1v) is 15.8. The maximum absolute atomic E-state index is 9.50. The molecule has 4 aromatic rings. The normalized spacial score (nSPS) is 15.4. The molecule has 0 amide bonds. The van der Waals surface area contributed by atoms with Crippen molar-refractivity contribution in [1.29, 1.82) is 0 Å². The lowest BCUT2D eigenvalue weighted by molar-refractivity contribution is 0.559. The van der Waals surface area contributed by atoms with E-state index in [0.29, 0.717) is 48.4 Å². The summed E-state index contributed by atoms with van der Waals surface area (Å²) in [4.78, 5) is 14.3. The summed E-state index contributed by atoms with van der Waals surface area (Å²) >= 11 is 6.19. The van der Waals surface area contributed by atoms with Gasteiger partial charge in [-0.1, -0.05) is 94.3 Å². The number of allylic oxidation sites excluding steroid dienone is 2. The molecule has 1 saturated carbocycles. The molecule has 5 N–H and O–H groups in total. The molecule has 3 unspecified atom stereocenters. The van der Waals surface area contributed by atoms with E-state index in [2.05, 4.69) is 60.3 Å². The summed E-state index contributed by atoms with van der Waals surface area (Å²) in [6, 6.07) is 16.4. The molecule has 45 heavy (non-hydrogen) atoms.